The van der Waals surface area contributed by atoms with E-state index in [1.165, 1.54) is 13.0 Å². The Labute approximate surface area is 105 Å². The molecular weight excluding hydrogens is 267 g/mol. The van der Waals surface area contributed by atoms with Crippen molar-refractivity contribution >= 4 is 10.9 Å². The molecule has 0 saturated heterocycles. The fourth-order valence-electron chi connectivity index (χ4n) is 2.06. The summed E-state index contributed by atoms with van der Waals surface area (Å²) in [6, 6.07) is 3.81. The van der Waals surface area contributed by atoms with Crippen LogP contribution in [0.15, 0.2) is 24.3 Å². The van der Waals surface area contributed by atoms with Crippen LogP contribution in [0.25, 0.3) is 10.9 Å². The number of aromatic nitrogens is 1. The monoisotopic (exact) mass is 278 g/mol. The number of nitrogens with one attached hydrogen (secondary N) is 1. The minimum atomic E-state index is -5.68. The lowest BCUT2D eigenvalue weighted by atomic mass is 9.98. The average molecular weight is 278 g/mol. The van der Waals surface area contributed by atoms with Crippen molar-refractivity contribution in [1.82, 2.24) is 4.98 Å². The van der Waals surface area contributed by atoms with Crippen molar-refractivity contribution in [3.8, 4) is 0 Å². The predicted octanol–water partition coefficient (Wildman–Crippen LogP) is 3.67. The first kappa shape index (κ1) is 13.8. The highest BCUT2D eigenvalue weighted by molar-refractivity contribution is 5.85. The maximum absolute atomic E-state index is 13.3. The van der Waals surface area contributed by atoms with Crippen LogP contribution in [0.5, 0.6) is 0 Å². The van der Waals surface area contributed by atoms with Gasteiger partial charge in [-0.3, -0.25) is 0 Å². The molecule has 0 spiro atoms. The van der Waals surface area contributed by atoms with Crippen LogP contribution in [-0.4, -0.2) is 17.1 Å². The van der Waals surface area contributed by atoms with Gasteiger partial charge in [0, 0.05) is 22.2 Å². The van der Waals surface area contributed by atoms with E-state index in [4.69, 9.17) is 5.73 Å². The van der Waals surface area contributed by atoms with Gasteiger partial charge >= 0.3 is 12.1 Å². The van der Waals surface area contributed by atoms with Gasteiger partial charge in [-0.1, -0.05) is 18.2 Å². The van der Waals surface area contributed by atoms with Gasteiger partial charge in [-0.05, 0) is 13.0 Å². The summed E-state index contributed by atoms with van der Waals surface area (Å²) >= 11 is 0. The zero-order valence-corrected chi connectivity index (χ0v) is 9.85. The zero-order chi connectivity index (χ0) is 14.4. The summed E-state index contributed by atoms with van der Waals surface area (Å²) in [4.78, 5) is 2.75. The molecular formula is C12H11F5N2. The number of rotatable bonds is 2. The largest absolute Gasteiger partial charge is 0.455 e. The summed E-state index contributed by atoms with van der Waals surface area (Å²) < 4.78 is 63.8. The molecule has 0 aliphatic heterocycles. The first-order valence-corrected chi connectivity index (χ1v) is 5.43. The SMILES string of the molecule is Cc1[nH]c2ccccc2c1[C@@H](N)C(F)(F)C(F)(F)F. The summed E-state index contributed by atoms with van der Waals surface area (Å²) in [5.41, 5.74) is 5.65. The second-order valence-corrected chi connectivity index (χ2v) is 4.31. The number of hydrogen-bond donors (Lipinski definition) is 2. The van der Waals surface area contributed by atoms with Gasteiger partial charge in [0.15, 0.2) is 0 Å². The number of aromatic amines is 1. The highest BCUT2D eigenvalue weighted by Crippen LogP contribution is 2.45. The third-order valence-electron chi connectivity index (χ3n) is 3.02. The van der Waals surface area contributed by atoms with Gasteiger partial charge in [0.1, 0.15) is 6.04 Å². The van der Waals surface area contributed by atoms with Crippen molar-refractivity contribution < 1.29 is 22.0 Å². The van der Waals surface area contributed by atoms with E-state index in [2.05, 4.69) is 4.98 Å². The number of H-pyrrole nitrogens is 1. The Hall–Kier alpha value is -1.63. The zero-order valence-electron chi connectivity index (χ0n) is 9.85. The molecule has 0 aliphatic carbocycles. The number of aryl methyl sites for hydroxylation is 1. The molecule has 1 heterocycles. The quantitative estimate of drug-likeness (QED) is 0.808. The van der Waals surface area contributed by atoms with E-state index < -0.39 is 18.1 Å². The minimum absolute atomic E-state index is 0.206. The lowest BCUT2D eigenvalue weighted by Gasteiger charge is -2.26. The molecule has 2 nitrogen and oxygen atoms in total. The average Bonchev–Trinajstić information content (AvgIpc) is 2.62. The van der Waals surface area contributed by atoms with Gasteiger partial charge < -0.3 is 10.7 Å². The topological polar surface area (TPSA) is 41.8 Å². The fourth-order valence-corrected chi connectivity index (χ4v) is 2.06. The normalized spacial score (nSPS) is 14.9. The van der Waals surface area contributed by atoms with Gasteiger partial charge in [-0.15, -0.1) is 0 Å². The van der Waals surface area contributed by atoms with E-state index >= 15 is 0 Å². The Kier molecular flexibility index (Phi) is 3.04. The molecule has 2 rings (SSSR count). The summed E-state index contributed by atoms with van der Waals surface area (Å²) in [6.07, 6.45) is -5.68. The van der Waals surface area contributed by atoms with Crippen LogP contribution in [-0.2, 0) is 0 Å². The van der Waals surface area contributed by atoms with Crippen LogP contribution in [0.3, 0.4) is 0 Å². The number of halogens is 5. The van der Waals surface area contributed by atoms with Crippen LogP contribution in [0.4, 0.5) is 22.0 Å². The molecule has 0 aliphatic rings. The summed E-state index contributed by atoms with van der Waals surface area (Å²) in [5, 5.41) is 0.274. The molecule has 0 amide bonds. The molecule has 1 atom stereocenters. The number of alkyl halides is 5. The molecule has 3 N–H and O–H groups in total. The Bertz CT molecular complexity index is 600. The fraction of sp³-hybridized carbons (Fsp3) is 0.333. The molecule has 0 radical (unpaired) electrons. The lowest BCUT2D eigenvalue weighted by Crippen LogP contribution is -2.46. The van der Waals surface area contributed by atoms with Crippen LogP contribution in [0, 0.1) is 6.92 Å². The Balaban J connectivity index is 2.59. The number of hydrogen-bond acceptors (Lipinski definition) is 1. The van der Waals surface area contributed by atoms with E-state index in [-0.39, 0.29) is 16.6 Å². The van der Waals surface area contributed by atoms with Gasteiger partial charge in [-0.25, -0.2) is 0 Å². The van der Waals surface area contributed by atoms with E-state index in [9.17, 15) is 22.0 Å². The summed E-state index contributed by atoms with van der Waals surface area (Å²) in [6.45, 7) is 1.42. The van der Waals surface area contributed by atoms with Gasteiger partial charge in [0.2, 0.25) is 0 Å². The minimum Gasteiger partial charge on any atom is -0.358 e. The molecule has 0 saturated carbocycles. The maximum atomic E-state index is 13.3. The molecule has 19 heavy (non-hydrogen) atoms. The second kappa shape index (κ2) is 4.19. The molecule has 104 valence electrons. The number of para-hydroxylation sites is 1. The lowest BCUT2D eigenvalue weighted by molar-refractivity contribution is -0.290. The van der Waals surface area contributed by atoms with Crippen molar-refractivity contribution in [2.24, 2.45) is 5.73 Å². The third-order valence-corrected chi connectivity index (χ3v) is 3.02. The smallest absolute Gasteiger partial charge is 0.358 e. The molecule has 2 aromatic rings. The van der Waals surface area contributed by atoms with Crippen LogP contribution in [0.1, 0.15) is 17.3 Å². The standard InChI is InChI=1S/C12H11F5N2/c1-6-9(7-4-2-3-5-8(7)19-6)10(18)11(13,14)12(15,16)17/h2-5,10,19H,18H2,1H3/t10-/m1/s1. The van der Waals surface area contributed by atoms with Gasteiger partial charge in [0.05, 0.1) is 0 Å². The molecule has 0 bridgehead atoms. The van der Waals surface area contributed by atoms with Crippen molar-refractivity contribution in [1.29, 1.82) is 0 Å². The van der Waals surface area contributed by atoms with Crippen LogP contribution < -0.4 is 5.73 Å². The number of benzene rings is 1. The van der Waals surface area contributed by atoms with Crippen LogP contribution in [0.2, 0.25) is 0 Å². The molecule has 1 aromatic heterocycles. The molecule has 7 heteroatoms. The molecule has 0 fully saturated rings. The number of fused-ring (bicyclic) bond motifs is 1. The van der Waals surface area contributed by atoms with E-state index in [1.54, 1.807) is 18.2 Å². The Morgan fingerprint density at radius 3 is 2.26 bits per heavy atom. The Morgan fingerprint density at radius 1 is 1.11 bits per heavy atom. The second-order valence-electron chi connectivity index (χ2n) is 4.31. The van der Waals surface area contributed by atoms with Crippen LogP contribution >= 0.6 is 0 Å². The molecule has 1 aromatic carbocycles. The molecule has 0 unspecified atom stereocenters. The summed E-state index contributed by atoms with van der Waals surface area (Å²) in [5.74, 6) is -4.98. The maximum Gasteiger partial charge on any atom is 0.455 e. The van der Waals surface area contributed by atoms with Gasteiger partial charge in [-0.2, -0.15) is 22.0 Å². The van der Waals surface area contributed by atoms with Crippen molar-refractivity contribution in [2.75, 3.05) is 0 Å². The van der Waals surface area contributed by atoms with Crippen molar-refractivity contribution in [3.63, 3.8) is 0 Å². The summed E-state index contributed by atoms with van der Waals surface area (Å²) in [7, 11) is 0. The van der Waals surface area contributed by atoms with Crippen molar-refractivity contribution in [3.05, 3.63) is 35.5 Å². The highest BCUT2D eigenvalue weighted by Gasteiger charge is 2.62. The van der Waals surface area contributed by atoms with E-state index in [1.807, 2.05) is 0 Å². The predicted molar refractivity (Wildman–Crippen MR) is 61.0 cm³/mol. The van der Waals surface area contributed by atoms with Crippen molar-refractivity contribution in [2.45, 2.75) is 25.1 Å². The third kappa shape index (κ3) is 2.07. The Morgan fingerprint density at radius 2 is 1.68 bits per heavy atom. The first-order chi connectivity index (χ1) is 8.66. The van der Waals surface area contributed by atoms with Gasteiger partial charge in [0.25, 0.3) is 0 Å². The number of nitrogens with two attached hydrogens (primary N) is 1. The first-order valence-electron chi connectivity index (χ1n) is 5.43. The highest BCUT2D eigenvalue weighted by atomic mass is 19.4. The van der Waals surface area contributed by atoms with E-state index in [0.29, 0.717) is 5.52 Å². The van der Waals surface area contributed by atoms with E-state index in [0.717, 1.165) is 0 Å².